The van der Waals surface area contributed by atoms with Crippen LogP contribution in [0.3, 0.4) is 0 Å². The number of methoxy groups -OCH3 is 1. The summed E-state index contributed by atoms with van der Waals surface area (Å²) in [4.78, 5) is 0.301. The van der Waals surface area contributed by atoms with Crippen molar-refractivity contribution in [1.29, 1.82) is 0 Å². The maximum atomic E-state index is 11.7. The standard InChI is InChI=1S/C13H18ClNO3S/c1-18-10-6-9(7-10)15-8-11-12(14)4-3-5-13(11)19(2,16)17/h3-5,9-10,15H,6-8H2,1-2H3. The van der Waals surface area contributed by atoms with Crippen LogP contribution in [0, 0.1) is 0 Å². The summed E-state index contributed by atoms with van der Waals surface area (Å²) in [6.07, 6.45) is 3.43. The van der Waals surface area contributed by atoms with Gasteiger partial charge in [-0.2, -0.15) is 0 Å². The van der Waals surface area contributed by atoms with E-state index in [9.17, 15) is 8.42 Å². The fourth-order valence-corrected chi connectivity index (χ4v) is 3.48. The number of halogens is 1. The fourth-order valence-electron chi connectivity index (χ4n) is 2.23. The molecule has 1 aromatic rings. The molecule has 0 radical (unpaired) electrons. The third-order valence-electron chi connectivity index (χ3n) is 3.47. The van der Waals surface area contributed by atoms with Gasteiger partial charge in [0.15, 0.2) is 9.84 Å². The number of hydrogen-bond acceptors (Lipinski definition) is 4. The van der Waals surface area contributed by atoms with Gasteiger partial charge >= 0.3 is 0 Å². The minimum absolute atomic E-state index is 0.301. The summed E-state index contributed by atoms with van der Waals surface area (Å²) in [7, 11) is -1.55. The van der Waals surface area contributed by atoms with E-state index >= 15 is 0 Å². The van der Waals surface area contributed by atoms with Crippen LogP contribution < -0.4 is 5.32 Å². The van der Waals surface area contributed by atoms with E-state index in [1.54, 1.807) is 25.3 Å². The van der Waals surface area contributed by atoms with E-state index in [0.717, 1.165) is 12.8 Å². The van der Waals surface area contributed by atoms with Gasteiger partial charge in [0.25, 0.3) is 0 Å². The molecule has 106 valence electrons. The molecular formula is C13H18ClNO3S. The molecule has 0 heterocycles. The van der Waals surface area contributed by atoms with Gasteiger partial charge in [-0.1, -0.05) is 17.7 Å². The second kappa shape index (κ2) is 5.79. The smallest absolute Gasteiger partial charge is 0.175 e. The van der Waals surface area contributed by atoms with Crippen molar-refractivity contribution in [2.24, 2.45) is 0 Å². The van der Waals surface area contributed by atoms with Crippen molar-refractivity contribution in [2.75, 3.05) is 13.4 Å². The molecule has 6 heteroatoms. The van der Waals surface area contributed by atoms with E-state index in [2.05, 4.69) is 5.32 Å². The molecule has 0 spiro atoms. The predicted octanol–water partition coefficient (Wildman–Crippen LogP) is 2.01. The van der Waals surface area contributed by atoms with Crippen molar-refractivity contribution in [3.05, 3.63) is 28.8 Å². The van der Waals surface area contributed by atoms with Crippen molar-refractivity contribution in [3.63, 3.8) is 0 Å². The highest BCUT2D eigenvalue weighted by molar-refractivity contribution is 7.90. The highest BCUT2D eigenvalue weighted by atomic mass is 35.5. The largest absolute Gasteiger partial charge is 0.381 e. The van der Waals surface area contributed by atoms with E-state index < -0.39 is 9.84 Å². The minimum Gasteiger partial charge on any atom is -0.381 e. The summed E-state index contributed by atoms with van der Waals surface area (Å²) < 4.78 is 28.7. The summed E-state index contributed by atoms with van der Waals surface area (Å²) in [5, 5.41) is 3.81. The van der Waals surface area contributed by atoms with Gasteiger partial charge in [-0.3, -0.25) is 0 Å². The highest BCUT2D eigenvalue weighted by Crippen LogP contribution is 2.26. The van der Waals surface area contributed by atoms with Gasteiger partial charge in [-0.25, -0.2) is 8.42 Å². The zero-order valence-corrected chi connectivity index (χ0v) is 12.6. The first-order valence-corrected chi connectivity index (χ1v) is 8.42. The van der Waals surface area contributed by atoms with Gasteiger partial charge < -0.3 is 10.1 Å². The van der Waals surface area contributed by atoms with Crippen LogP contribution in [-0.4, -0.2) is 33.9 Å². The molecule has 0 amide bonds. The molecule has 0 aromatic heterocycles. The molecule has 0 bridgehead atoms. The Labute approximate surface area is 119 Å². The van der Waals surface area contributed by atoms with Crippen LogP contribution in [0.4, 0.5) is 0 Å². The Kier molecular flexibility index (Phi) is 4.50. The average molecular weight is 304 g/mol. The summed E-state index contributed by atoms with van der Waals surface area (Å²) in [6.45, 7) is 0.461. The molecule has 19 heavy (non-hydrogen) atoms. The number of ether oxygens (including phenoxy) is 1. The zero-order chi connectivity index (χ0) is 14.0. The lowest BCUT2D eigenvalue weighted by molar-refractivity contribution is 0.0169. The van der Waals surface area contributed by atoms with Crippen LogP contribution in [0.2, 0.25) is 5.02 Å². The predicted molar refractivity (Wildman–Crippen MR) is 75.2 cm³/mol. The van der Waals surface area contributed by atoms with Crippen LogP contribution in [0.5, 0.6) is 0 Å². The van der Waals surface area contributed by atoms with Gasteiger partial charge in [-0.05, 0) is 25.0 Å². The van der Waals surface area contributed by atoms with Gasteiger partial charge in [0.2, 0.25) is 0 Å². The zero-order valence-electron chi connectivity index (χ0n) is 11.0. The molecule has 0 saturated heterocycles. The topological polar surface area (TPSA) is 55.4 Å². The fraction of sp³-hybridized carbons (Fsp3) is 0.538. The Morgan fingerprint density at radius 2 is 2.11 bits per heavy atom. The normalized spacial score (nSPS) is 23.1. The molecule has 1 saturated carbocycles. The van der Waals surface area contributed by atoms with E-state index in [4.69, 9.17) is 16.3 Å². The van der Waals surface area contributed by atoms with Gasteiger partial charge in [-0.15, -0.1) is 0 Å². The Bertz CT molecular complexity index is 553. The lowest BCUT2D eigenvalue weighted by atomic mass is 9.89. The van der Waals surface area contributed by atoms with Crippen LogP contribution in [0.15, 0.2) is 23.1 Å². The number of benzene rings is 1. The van der Waals surface area contributed by atoms with Gasteiger partial charge in [0.1, 0.15) is 0 Å². The maximum Gasteiger partial charge on any atom is 0.175 e. The SMILES string of the molecule is COC1CC(NCc2c(Cl)cccc2S(C)(=O)=O)C1. The van der Waals surface area contributed by atoms with E-state index in [0.29, 0.717) is 34.2 Å². The Balaban J connectivity index is 2.08. The average Bonchev–Trinajstić information content (AvgIpc) is 2.27. The third kappa shape index (κ3) is 3.48. The molecule has 0 unspecified atom stereocenters. The molecular weight excluding hydrogens is 286 g/mol. The molecule has 1 fully saturated rings. The molecule has 1 aliphatic rings. The first-order chi connectivity index (χ1) is 8.91. The molecule has 4 nitrogen and oxygen atoms in total. The molecule has 0 aliphatic heterocycles. The highest BCUT2D eigenvalue weighted by Gasteiger charge is 2.29. The molecule has 0 atom stereocenters. The summed E-state index contributed by atoms with van der Waals surface area (Å²) in [5.41, 5.74) is 0.646. The Morgan fingerprint density at radius 3 is 2.68 bits per heavy atom. The van der Waals surface area contributed by atoms with Crippen molar-refractivity contribution in [1.82, 2.24) is 5.32 Å². The monoisotopic (exact) mass is 303 g/mol. The summed E-state index contributed by atoms with van der Waals surface area (Å²) >= 11 is 6.11. The van der Waals surface area contributed by atoms with Crippen LogP contribution in [-0.2, 0) is 21.1 Å². The molecule has 1 N–H and O–H groups in total. The number of rotatable bonds is 5. The lowest BCUT2D eigenvalue weighted by Gasteiger charge is -2.35. The quantitative estimate of drug-likeness (QED) is 0.904. The van der Waals surface area contributed by atoms with Crippen LogP contribution >= 0.6 is 11.6 Å². The molecule has 1 aliphatic carbocycles. The van der Waals surface area contributed by atoms with Gasteiger partial charge in [0.05, 0.1) is 11.0 Å². The first-order valence-electron chi connectivity index (χ1n) is 6.15. The van der Waals surface area contributed by atoms with Crippen LogP contribution in [0.1, 0.15) is 18.4 Å². The first kappa shape index (κ1) is 14.8. The van der Waals surface area contributed by atoms with E-state index in [1.165, 1.54) is 6.26 Å². The van der Waals surface area contributed by atoms with E-state index in [-0.39, 0.29) is 0 Å². The van der Waals surface area contributed by atoms with Crippen molar-refractivity contribution in [3.8, 4) is 0 Å². The molecule has 1 aromatic carbocycles. The van der Waals surface area contributed by atoms with Crippen LogP contribution in [0.25, 0.3) is 0 Å². The Hall–Kier alpha value is -0.620. The summed E-state index contributed by atoms with van der Waals surface area (Å²) in [5.74, 6) is 0. The molecule has 2 rings (SSSR count). The van der Waals surface area contributed by atoms with Crippen molar-refractivity contribution in [2.45, 2.75) is 36.4 Å². The van der Waals surface area contributed by atoms with Crippen molar-refractivity contribution < 1.29 is 13.2 Å². The lowest BCUT2D eigenvalue weighted by Crippen LogP contribution is -2.44. The summed E-state index contributed by atoms with van der Waals surface area (Å²) in [6, 6.07) is 5.34. The second-order valence-corrected chi connectivity index (χ2v) is 7.29. The number of nitrogens with one attached hydrogen (secondary N) is 1. The maximum absolute atomic E-state index is 11.7. The van der Waals surface area contributed by atoms with E-state index in [1.807, 2.05) is 0 Å². The number of hydrogen-bond donors (Lipinski definition) is 1. The van der Waals surface area contributed by atoms with Crippen molar-refractivity contribution >= 4 is 21.4 Å². The third-order valence-corrected chi connectivity index (χ3v) is 5.01. The van der Waals surface area contributed by atoms with Gasteiger partial charge in [0, 0.05) is 36.5 Å². The minimum atomic E-state index is -3.26. The Morgan fingerprint density at radius 1 is 1.42 bits per heavy atom. The number of sulfone groups is 1. The second-order valence-electron chi connectivity index (χ2n) is 4.90.